The lowest BCUT2D eigenvalue weighted by Gasteiger charge is -2.12. The van der Waals surface area contributed by atoms with Gasteiger partial charge >= 0.3 is 0 Å². The normalized spacial score (nSPS) is 11.6. The second-order valence-electron chi connectivity index (χ2n) is 5.59. The highest BCUT2D eigenvalue weighted by atomic mass is 32.2. The van der Waals surface area contributed by atoms with Crippen LogP contribution in [0.3, 0.4) is 0 Å². The van der Waals surface area contributed by atoms with E-state index in [1.165, 1.54) is 12.1 Å². The van der Waals surface area contributed by atoms with Gasteiger partial charge in [0.05, 0.1) is 5.39 Å². The van der Waals surface area contributed by atoms with Gasteiger partial charge in [-0.3, -0.25) is 4.79 Å². The van der Waals surface area contributed by atoms with Crippen LogP contribution >= 0.6 is 0 Å². The first kappa shape index (κ1) is 17.1. The highest BCUT2D eigenvalue weighted by Crippen LogP contribution is 2.31. The molecule has 1 heterocycles. The number of nitrogens with two attached hydrogens (primary N) is 1. The van der Waals surface area contributed by atoms with E-state index >= 15 is 0 Å². The summed E-state index contributed by atoms with van der Waals surface area (Å²) >= 11 is 0. The van der Waals surface area contributed by atoms with Crippen molar-refractivity contribution in [3.63, 3.8) is 0 Å². The summed E-state index contributed by atoms with van der Waals surface area (Å²) in [7, 11) is -3.79. The van der Waals surface area contributed by atoms with Gasteiger partial charge in [0, 0.05) is 23.1 Å². The van der Waals surface area contributed by atoms with Crippen molar-refractivity contribution >= 4 is 20.8 Å². The first-order valence-corrected chi connectivity index (χ1v) is 9.17. The molecule has 6 heteroatoms. The molecule has 2 N–H and O–H groups in total. The summed E-state index contributed by atoms with van der Waals surface area (Å²) in [6.07, 6.45) is 0. The van der Waals surface area contributed by atoms with E-state index < -0.39 is 9.84 Å². The summed E-state index contributed by atoms with van der Waals surface area (Å²) in [6.45, 7) is 5.10. The topological polar surface area (TPSA) is 90.4 Å². The van der Waals surface area contributed by atoms with E-state index in [4.69, 9.17) is 10.2 Å². The number of sulfone groups is 1. The highest BCUT2D eigenvalue weighted by molar-refractivity contribution is 7.94. The number of fused-ring (bicyclic) bond motifs is 1. The van der Waals surface area contributed by atoms with Gasteiger partial charge in [-0.1, -0.05) is 43.0 Å². The fourth-order valence-corrected chi connectivity index (χ4v) is 3.61. The quantitative estimate of drug-likeness (QED) is 0.776. The van der Waals surface area contributed by atoms with Crippen LogP contribution in [0.25, 0.3) is 22.3 Å². The summed E-state index contributed by atoms with van der Waals surface area (Å²) in [6, 6.07) is 12.0. The monoisotopic (exact) mass is 355 g/mol. The largest absolute Gasteiger partial charge is 0.454 e. The number of rotatable bonds is 4. The van der Waals surface area contributed by atoms with Gasteiger partial charge < -0.3 is 10.2 Å². The van der Waals surface area contributed by atoms with Crippen LogP contribution in [0, 0.1) is 6.92 Å². The van der Waals surface area contributed by atoms with Gasteiger partial charge in [0.25, 0.3) is 0 Å². The van der Waals surface area contributed by atoms with E-state index in [9.17, 15) is 13.2 Å². The van der Waals surface area contributed by atoms with Crippen LogP contribution in [-0.4, -0.2) is 8.42 Å². The fraction of sp³-hybridized carbons (Fsp3) is 0.105. The predicted octanol–water partition coefficient (Wildman–Crippen LogP) is 3.14. The van der Waals surface area contributed by atoms with Crippen LogP contribution in [0.4, 0.5) is 0 Å². The first-order valence-electron chi connectivity index (χ1n) is 7.63. The zero-order valence-electron chi connectivity index (χ0n) is 13.7. The molecule has 0 radical (unpaired) electrons. The van der Waals surface area contributed by atoms with Crippen molar-refractivity contribution in [2.75, 3.05) is 0 Å². The molecule has 0 bridgehead atoms. The second-order valence-corrected chi connectivity index (χ2v) is 7.46. The summed E-state index contributed by atoms with van der Waals surface area (Å²) in [5, 5.41) is 1.04. The minimum Gasteiger partial charge on any atom is -0.454 e. The molecule has 0 saturated heterocycles. The molecule has 0 saturated carbocycles. The zero-order valence-corrected chi connectivity index (χ0v) is 14.5. The Bertz CT molecular complexity index is 1130. The van der Waals surface area contributed by atoms with Gasteiger partial charge in [0.15, 0.2) is 11.0 Å². The SMILES string of the molecule is C=CS(=O)(=O)c1ccc(CN)c2c(=O)c(C)c(-c3ccccc3)oc12. The minimum absolute atomic E-state index is 0.0114. The molecule has 0 unspecified atom stereocenters. The van der Waals surface area contributed by atoms with Crippen molar-refractivity contribution in [3.05, 3.63) is 75.8 Å². The van der Waals surface area contributed by atoms with Crippen molar-refractivity contribution in [3.8, 4) is 11.3 Å². The standard InChI is InChI=1S/C19H17NO4S/c1-3-25(22,23)15-10-9-14(11-20)16-17(21)12(2)18(24-19(15)16)13-7-5-4-6-8-13/h3-10H,1,11,20H2,2H3. The molecule has 128 valence electrons. The molecule has 0 aliphatic carbocycles. The molecule has 0 fully saturated rings. The first-order chi connectivity index (χ1) is 11.9. The van der Waals surface area contributed by atoms with Crippen LogP contribution in [0.1, 0.15) is 11.1 Å². The van der Waals surface area contributed by atoms with Crippen molar-refractivity contribution < 1.29 is 12.8 Å². The smallest absolute Gasteiger partial charge is 0.202 e. The van der Waals surface area contributed by atoms with E-state index in [0.29, 0.717) is 22.5 Å². The Balaban J connectivity index is 2.53. The van der Waals surface area contributed by atoms with Gasteiger partial charge in [-0.05, 0) is 18.6 Å². The number of hydrogen-bond donors (Lipinski definition) is 1. The maximum Gasteiger partial charge on any atom is 0.202 e. The van der Waals surface area contributed by atoms with E-state index in [-0.39, 0.29) is 27.8 Å². The van der Waals surface area contributed by atoms with Crippen LogP contribution in [0.15, 0.2) is 68.6 Å². The second kappa shape index (κ2) is 6.31. The van der Waals surface area contributed by atoms with Crippen molar-refractivity contribution in [1.29, 1.82) is 0 Å². The molecule has 0 aliphatic rings. The van der Waals surface area contributed by atoms with Crippen LogP contribution in [0.5, 0.6) is 0 Å². The average molecular weight is 355 g/mol. The Labute approximate surface area is 145 Å². The summed E-state index contributed by atoms with van der Waals surface area (Å²) in [5.74, 6) is 0.341. The molecule has 5 nitrogen and oxygen atoms in total. The van der Waals surface area contributed by atoms with Gasteiger partial charge in [-0.25, -0.2) is 8.42 Å². The van der Waals surface area contributed by atoms with Crippen molar-refractivity contribution in [1.82, 2.24) is 0 Å². The Morgan fingerprint density at radius 3 is 2.44 bits per heavy atom. The molecular weight excluding hydrogens is 338 g/mol. The van der Waals surface area contributed by atoms with E-state index in [0.717, 1.165) is 5.41 Å². The zero-order chi connectivity index (χ0) is 18.2. The summed E-state index contributed by atoms with van der Waals surface area (Å²) in [4.78, 5) is 12.8. The van der Waals surface area contributed by atoms with E-state index in [1.54, 1.807) is 19.1 Å². The Hall–Kier alpha value is -2.70. The van der Waals surface area contributed by atoms with Gasteiger partial charge in [-0.2, -0.15) is 0 Å². The lowest BCUT2D eigenvalue weighted by Crippen LogP contribution is -2.13. The molecule has 2 aromatic carbocycles. The molecule has 0 atom stereocenters. The molecule has 3 aromatic rings. The third-order valence-electron chi connectivity index (χ3n) is 4.10. The predicted molar refractivity (Wildman–Crippen MR) is 97.9 cm³/mol. The lowest BCUT2D eigenvalue weighted by atomic mass is 10.0. The molecule has 1 aromatic heterocycles. The summed E-state index contributed by atoms with van der Waals surface area (Å²) in [5.41, 5.74) is 7.08. The fourth-order valence-electron chi connectivity index (χ4n) is 2.77. The van der Waals surface area contributed by atoms with Crippen molar-refractivity contribution in [2.24, 2.45) is 5.73 Å². The van der Waals surface area contributed by atoms with Crippen molar-refractivity contribution in [2.45, 2.75) is 18.4 Å². The molecule has 0 aliphatic heterocycles. The van der Waals surface area contributed by atoms with Crippen LogP contribution in [0.2, 0.25) is 0 Å². The lowest BCUT2D eigenvalue weighted by molar-refractivity contribution is 0.588. The Morgan fingerprint density at radius 2 is 1.84 bits per heavy atom. The molecule has 0 amide bonds. The van der Waals surface area contributed by atoms with E-state index in [2.05, 4.69) is 6.58 Å². The summed E-state index contributed by atoms with van der Waals surface area (Å²) < 4.78 is 30.6. The van der Waals surface area contributed by atoms with Crippen LogP contribution < -0.4 is 11.2 Å². The molecule has 25 heavy (non-hydrogen) atoms. The van der Waals surface area contributed by atoms with Gasteiger partial charge in [0.1, 0.15) is 10.7 Å². The van der Waals surface area contributed by atoms with E-state index in [1.807, 2.05) is 18.2 Å². The third-order valence-corrected chi connectivity index (χ3v) is 5.48. The molecular formula is C19H17NO4S. The Morgan fingerprint density at radius 1 is 1.16 bits per heavy atom. The average Bonchev–Trinajstić information content (AvgIpc) is 2.64. The third kappa shape index (κ3) is 2.79. The minimum atomic E-state index is -3.79. The van der Waals surface area contributed by atoms with Crippen LogP contribution in [-0.2, 0) is 16.4 Å². The number of benzene rings is 2. The number of hydrogen-bond acceptors (Lipinski definition) is 5. The highest BCUT2D eigenvalue weighted by Gasteiger charge is 2.22. The van der Waals surface area contributed by atoms with Gasteiger partial charge in [-0.15, -0.1) is 0 Å². The maximum atomic E-state index is 12.9. The Kier molecular flexibility index (Phi) is 4.32. The molecule has 0 spiro atoms. The van der Waals surface area contributed by atoms with Gasteiger partial charge in [0.2, 0.25) is 9.84 Å². The maximum absolute atomic E-state index is 12.9. The molecule has 3 rings (SSSR count).